The highest BCUT2D eigenvalue weighted by Crippen LogP contribution is 2.47. The highest BCUT2D eigenvalue weighted by Gasteiger charge is 2.48. The van der Waals surface area contributed by atoms with E-state index in [2.05, 4.69) is 31.9 Å². The van der Waals surface area contributed by atoms with Crippen molar-refractivity contribution in [3.63, 3.8) is 0 Å². The number of H-pyrrole nitrogens is 1. The molecule has 0 saturated heterocycles. The maximum atomic E-state index is 14.0. The number of hydrogen-bond acceptors (Lipinski definition) is 5. The molecule has 0 bridgehead atoms. The Balaban J connectivity index is 1.02. The van der Waals surface area contributed by atoms with Crippen LogP contribution in [0.3, 0.4) is 0 Å². The number of rotatable bonds is 8. The molecule has 2 aliphatic carbocycles. The first kappa shape index (κ1) is 30.0. The van der Waals surface area contributed by atoms with Gasteiger partial charge in [0.1, 0.15) is 11.4 Å². The van der Waals surface area contributed by atoms with Gasteiger partial charge in [0.2, 0.25) is 0 Å². The summed E-state index contributed by atoms with van der Waals surface area (Å²) in [4.78, 5) is 30.6. The first-order valence-corrected chi connectivity index (χ1v) is 16.7. The lowest BCUT2D eigenvalue weighted by molar-refractivity contribution is 0.0917. The van der Waals surface area contributed by atoms with Crippen LogP contribution in [0, 0.1) is 11.3 Å². The number of aryl methyl sites for hydroxylation is 1. The van der Waals surface area contributed by atoms with Gasteiger partial charge in [-0.05, 0) is 92.4 Å². The highest BCUT2D eigenvalue weighted by atomic mass is 35.5. The van der Waals surface area contributed by atoms with Gasteiger partial charge < -0.3 is 20.2 Å². The number of carbonyl (C=O) groups excluding carboxylic acids is 2. The molecule has 246 valence electrons. The summed E-state index contributed by atoms with van der Waals surface area (Å²) in [6, 6.07) is 24.6. The maximum absolute atomic E-state index is 14.0. The molecule has 7 aromatic rings. The number of nitrogens with zero attached hydrogens (tertiary/aromatic N) is 6. The zero-order valence-corrected chi connectivity index (χ0v) is 27.7. The molecule has 2 fully saturated rings. The predicted molar refractivity (Wildman–Crippen MR) is 188 cm³/mol. The van der Waals surface area contributed by atoms with Crippen LogP contribution in [0.25, 0.3) is 33.2 Å². The van der Waals surface area contributed by atoms with Crippen LogP contribution in [0.15, 0.2) is 97.6 Å². The van der Waals surface area contributed by atoms with Crippen molar-refractivity contribution in [1.82, 2.24) is 39.7 Å². The summed E-state index contributed by atoms with van der Waals surface area (Å²) >= 11 is 6.14. The van der Waals surface area contributed by atoms with E-state index in [1.54, 1.807) is 40.0 Å². The van der Waals surface area contributed by atoms with Gasteiger partial charge in [-0.1, -0.05) is 17.7 Å². The number of benzene rings is 3. The van der Waals surface area contributed by atoms with Gasteiger partial charge in [-0.2, -0.15) is 15.5 Å². The number of nitrogens with one attached hydrogen (secondary N) is 3. The van der Waals surface area contributed by atoms with Crippen LogP contribution in [-0.4, -0.2) is 40.9 Å². The summed E-state index contributed by atoms with van der Waals surface area (Å²) in [5.74, 6) is -0.400. The Morgan fingerprint density at radius 3 is 2.32 bits per heavy atom. The quantitative estimate of drug-likeness (QED) is 0.171. The standard InChI is InChI=1S/C38H30ClN9O2/c1-46-21-26(19-41-46)37(9-10-37)45-36(50)34-16-25-13-23(18-40)5-8-33(25)48(34)30-4-2-3-29(17-30)47-22-27(20-42-47)38(11-12-38)44-35(49)32-15-24-14-28(39)6-7-31(24)43-32/h2-8,13-17,19-22,43H,9-12H2,1H3,(H,44,49)(H,45,50). The lowest BCUT2D eigenvalue weighted by Gasteiger charge is -2.18. The van der Waals surface area contributed by atoms with Gasteiger partial charge >= 0.3 is 0 Å². The summed E-state index contributed by atoms with van der Waals surface area (Å²) < 4.78 is 5.46. The first-order chi connectivity index (χ1) is 24.2. The molecule has 2 aliphatic rings. The van der Waals surface area contributed by atoms with Gasteiger partial charge in [0, 0.05) is 57.6 Å². The summed E-state index contributed by atoms with van der Waals surface area (Å²) in [7, 11) is 1.87. The third kappa shape index (κ3) is 5.04. The molecule has 0 spiro atoms. The van der Waals surface area contributed by atoms with E-state index < -0.39 is 11.1 Å². The number of aromatic amines is 1. The lowest BCUT2D eigenvalue weighted by Crippen LogP contribution is -2.35. The number of aromatic nitrogens is 6. The van der Waals surface area contributed by atoms with Crippen molar-refractivity contribution in [2.75, 3.05) is 0 Å². The van der Waals surface area contributed by atoms with Gasteiger partial charge in [0.15, 0.2) is 0 Å². The Kier molecular flexibility index (Phi) is 6.56. The van der Waals surface area contributed by atoms with E-state index in [1.807, 2.05) is 78.6 Å². The second kappa shape index (κ2) is 10.9. The normalized spacial score (nSPS) is 15.5. The zero-order valence-electron chi connectivity index (χ0n) is 26.9. The van der Waals surface area contributed by atoms with Crippen molar-refractivity contribution in [2.24, 2.45) is 7.05 Å². The fraction of sp³-hybridized carbons (Fsp3) is 0.184. The molecule has 0 aliphatic heterocycles. The molecule has 0 unspecified atom stereocenters. The van der Waals surface area contributed by atoms with Crippen molar-refractivity contribution >= 4 is 45.2 Å². The number of carbonyl (C=O) groups is 2. The average Bonchev–Trinajstić information content (AvgIpc) is 3.74. The van der Waals surface area contributed by atoms with Gasteiger partial charge in [0.05, 0.1) is 46.3 Å². The van der Waals surface area contributed by atoms with E-state index in [-0.39, 0.29) is 11.8 Å². The van der Waals surface area contributed by atoms with Gasteiger partial charge in [0.25, 0.3) is 11.8 Å². The number of nitriles is 1. The third-order valence-corrected chi connectivity index (χ3v) is 10.2. The molecule has 9 rings (SSSR count). The van der Waals surface area contributed by atoms with E-state index in [1.165, 1.54) is 0 Å². The maximum Gasteiger partial charge on any atom is 0.269 e. The number of fused-ring (bicyclic) bond motifs is 2. The Hall–Kier alpha value is -6.12. The molecule has 4 aromatic heterocycles. The Morgan fingerprint density at radius 1 is 0.840 bits per heavy atom. The Morgan fingerprint density at radius 2 is 1.58 bits per heavy atom. The van der Waals surface area contributed by atoms with Gasteiger partial charge in [-0.25, -0.2) is 4.68 Å². The number of halogens is 1. The summed E-state index contributed by atoms with van der Waals surface area (Å²) in [6.45, 7) is 0. The predicted octanol–water partition coefficient (Wildman–Crippen LogP) is 6.39. The monoisotopic (exact) mass is 679 g/mol. The summed E-state index contributed by atoms with van der Waals surface area (Å²) in [5, 5.41) is 27.4. The van der Waals surface area contributed by atoms with Crippen molar-refractivity contribution < 1.29 is 9.59 Å². The third-order valence-electron chi connectivity index (χ3n) is 9.94. The number of hydrogen-bond donors (Lipinski definition) is 3. The molecular weight excluding hydrogens is 650 g/mol. The van der Waals surface area contributed by atoms with Gasteiger partial charge in [-0.15, -0.1) is 0 Å². The average molecular weight is 680 g/mol. The molecule has 2 saturated carbocycles. The number of amides is 2. The van der Waals surface area contributed by atoms with Crippen LogP contribution >= 0.6 is 11.6 Å². The summed E-state index contributed by atoms with van der Waals surface area (Å²) in [5.41, 5.74) is 5.60. The zero-order chi connectivity index (χ0) is 34.2. The van der Waals surface area contributed by atoms with Crippen LogP contribution in [0.5, 0.6) is 0 Å². The van der Waals surface area contributed by atoms with Crippen molar-refractivity contribution in [1.29, 1.82) is 5.26 Å². The molecule has 0 atom stereocenters. The second-order valence-corrected chi connectivity index (χ2v) is 13.8. The molecule has 4 heterocycles. The topological polar surface area (TPSA) is 138 Å². The molecule has 2 amide bonds. The van der Waals surface area contributed by atoms with Gasteiger partial charge in [-0.3, -0.25) is 14.3 Å². The summed E-state index contributed by atoms with van der Waals surface area (Å²) in [6.07, 6.45) is 10.8. The minimum Gasteiger partial charge on any atom is -0.351 e. The van der Waals surface area contributed by atoms with E-state index >= 15 is 0 Å². The Labute approximate surface area is 291 Å². The second-order valence-electron chi connectivity index (χ2n) is 13.3. The molecule has 0 radical (unpaired) electrons. The molecule has 11 nitrogen and oxygen atoms in total. The minimum atomic E-state index is -0.505. The minimum absolute atomic E-state index is 0.189. The van der Waals surface area contributed by atoms with E-state index in [0.717, 1.165) is 70.0 Å². The molecule has 12 heteroatoms. The largest absolute Gasteiger partial charge is 0.351 e. The fourth-order valence-electron chi connectivity index (χ4n) is 6.90. The van der Waals surface area contributed by atoms with Crippen LogP contribution in [0.2, 0.25) is 5.02 Å². The Bertz CT molecular complexity index is 2560. The molecule has 3 aromatic carbocycles. The van der Waals surface area contributed by atoms with Crippen LogP contribution in [0.4, 0.5) is 0 Å². The van der Waals surface area contributed by atoms with Crippen molar-refractivity contribution in [2.45, 2.75) is 36.8 Å². The highest BCUT2D eigenvalue weighted by molar-refractivity contribution is 6.31. The van der Waals surface area contributed by atoms with Crippen LogP contribution < -0.4 is 10.6 Å². The smallest absolute Gasteiger partial charge is 0.269 e. The van der Waals surface area contributed by atoms with Crippen LogP contribution in [-0.2, 0) is 18.1 Å². The van der Waals surface area contributed by atoms with Crippen molar-refractivity contribution in [3.05, 3.63) is 131 Å². The first-order valence-electron chi connectivity index (χ1n) is 16.4. The van der Waals surface area contributed by atoms with E-state index in [0.29, 0.717) is 22.0 Å². The van der Waals surface area contributed by atoms with Crippen LogP contribution in [0.1, 0.15) is 63.4 Å². The SMILES string of the molecule is Cn1cc(C2(NC(=O)c3cc4cc(C#N)ccc4n3-c3cccc(-n4cc(C5(NC(=O)c6cc7cc(Cl)ccc7[nH]6)CC5)cn4)c3)CC2)cn1. The van der Waals surface area contributed by atoms with E-state index in [9.17, 15) is 14.9 Å². The van der Waals surface area contributed by atoms with Crippen molar-refractivity contribution in [3.8, 4) is 17.4 Å². The molecular formula is C38H30ClN9O2. The fourth-order valence-corrected chi connectivity index (χ4v) is 7.08. The van der Waals surface area contributed by atoms with E-state index in [4.69, 9.17) is 11.6 Å². The lowest BCUT2D eigenvalue weighted by atomic mass is 10.1. The molecule has 50 heavy (non-hydrogen) atoms. The molecule has 3 N–H and O–H groups in total.